The summed E-state index contributed by atoms with van der Waals surface area (Å²) >= 11 is 5.87. The maximum Gasteiger partial charge on any atom is 0.324 e. The van der Waals surface area contributed by atoms with Crippen molar-refractivity contribution in [2.45, 2.75) is 38.3 Å². The molecule has 0 spiro atoms. The van der Waals surface area contributed by atoms with Gasteiger partial charge >= 0.3 is 6.03 Å². The largest absolute Gasteiger partial charge is 0.387 e. The Hall–Kier alpha value is -1.59. The number of aliphatic hydroxyl groups excluding tert-OH is 1. The highest BCUT2D eigenvalue weighted by Gasteiger charge is 2.38. The van der Waals surface area contributed by atoms with Gasteiger partial charge in [0.25, 0.3) is 5.91 Å². The Bertz CT molecular complexity index is 535. The second kappa shape index (κ2) is 6.91. The molecule has 0 saturated carbocycles. The molecule has 5 nitrogen and oxygen atoms in total. The number of nitrogens with zero attached hydrogens (tertiary/aromatic N) is 1. The maximum absolute atomic E-state index is 12.2. The summed E-state index contributed by atoms with van der Waals surface area (Å²) in [4.78, 5) is 25.1. The number of carbonyl (C=O) groups is 2. The second-order valence-electron chi connectivity index (χ2n) is 5.16. The van der Waals surface area contributed by atoms with Gasteiger partial charge in [0.1, 0.15) is 6.04 Å². The van der Waals surface area contributed by atoms with Gasteiger partial charge in [0.05, 0.1) is 12.6 Å². The number of halogens is 1. The molecule has 1 fully saturated rings. The molecule has 1 aliphatic heterocycles. The van der Waals surface area contributed by atoms with Crippen LogP contribution in [-0.2, 0) is 4.79 Å². The molecule has 6 heteroatoms. The highest BCUT2D eigenvalue weighted by molar-refractivity contribution is 6.30. The smallest absolute Gasteiger partial charge is 0.324 e. The van der Waals surface area contributed by atoms with Crippen LogP contribution >= 0.6 is 11.6 Å². The number of amides is 3. The zero-order valence-electron chi connectivity index (χ0n) is 11.9. The molecule has 1 aromatic carbocycles. The summed E-state index contributed by atoms with van der Waals surface area (Å²) in [6, 6.07) is 5.84. The first kappa shape index (κ1) is 15.8. The zero-order chi connectivity index (χ0) is 15.4. The number of hydrogen-bond acceptors (Lipinski definition) is 3. The van der Waals surface area contributed by atoms with E-state index in [1.165, 1.54) is 0 Å². The summed E-state index contributed by atoms with van der Waals surface area (Å²) in [5, 5.41) is 13.3. The maximum atomic E-state index is 12.2. The van der Waals surface area contributed by atoms with Crippen molar-refractivity contribution >= 4 is 23.5 Å². The number of unbranched alkanes of at least 4 members (excludes halogenated alkanes) is 1. The summed E-state index contributed by atoms with van der Waals surface area (Å²) in [6.07, 6.45) is 1.53. The molecule has 21 heavy (non-hydrogen) atoms. The Labute approximate surface area is 128 Å². The van der Waals surface area contributed by atoms with Crippen molar-refractivity contribution in [2.75, 3.05) is 6.54 Å². The number of rotatable bonds is 6. The Kier molecular flexibility index (Phi) is 5.20. The molecule has 1 saturated heterocycles. The van der Waals surface area contributed by atoms with Crippen LogP contribution in [0.1, 0.15) is 37.9 Å². The molecule has 1 aromatic rings. The summed E-state index contributed by atoms with van der Waals surface area (Å²) in [5.41, 5.74) is 0.583. The van der Waals surface area contributed by atoms with Crippen LogP contribution in [0.15, 0.2) is 24.3 Å². The van der Waals surface area contributed by atoms with Gasteiger partial charge < -0.3 is 10.4 Å². The molecule has 0 aliphatic carbocycles. The number of carbonyl (C=O) groups excluding carboxylic acids is 2. The predicted octanol–water partition coefficient (Wildman–Crippen LogP) is 2.48. The monoisotopic (exact) mass is 310 g/mol. The molecule has 1 heterocycles. The Morgan fingerprint density at radius 3 is 2.86 bits per heavy atom. The van der Waals surface area contributed by atoms with Gasteiger partial charge in [0, 0.05) is 5.02 Å². The van der Waals surface area contributed by atoms with Crippen LogP contribution in [-0.4, -0.2) is 34.5 Å². The average Bonchev–Trinajstić information content (AvgIpc) is 2.72. The summed E-state index contributed by atoms with van der Waals surface area (Å²) in [6.45, 7) is 1.97. The van der Waals surface area contributed by atoms with Crippen LogP contribution in [0.4, 0.5) is 4.79 Å². The lowest BCUT2D eigenvalue weighted by molar-refractivity contribution is -0.128. The molecule has 1 aliphatic rings. The van der Waals surface area contributed by atoms with E-state index in [4.69, 9.17) is 11.6 Å². The number of hydrogen-bond donors (Lipinski definition) is 2. The minimum absolute atomic E-state index is 0.0619. The molecule has 0 bridgehead atoms. The van der Waals surface area contributed by atoms with Gasteiger partial charge in [0.2, 0.25) is 0 Å². The Morgan fingerprint density at radius 1 is 1.43 bits per heavy atom. The number of imide groups is 1. The molecule has 2 unspecified atom stereocenters. The van der Waals surface area contributed by atoms with E-state index in [9.17, 15) is 14.7 Å². The molecule has 2 rings (SSSR count). The van der Waals surface area contributed by atoms with Gasteiger partial charge in [-0.25, -0.2) is 4.79 Å². The van der Waals surface area contributed by atoms with E-state index in [0.29, 0.717) is 17.0 Å². The Morgan fingerprint density at radius 2 is 2.19 bits per heavy atom. The van der Waals surface area contributed by atoms with Crippen molar-refractivity contribution in [3.05, 3.63) is 34.9 Å². The third-order valence-electron chi connectivity index (χ3n) is 3.54. The fourth-order valence-corrected chi connectivity index (χ4v) is 2.54. The third kappa shape index (κ3) is 3.74. The zero-order valence-corrected chi connectivity index (χ0v) is 12.6. The standard InChI is InChI=1S/C15H19ClN2O3/c1-2-3-7-12-14(20)18(15(21)17-12)9-13(19)10-5-4-6-11(16)8-10/h4-6,8,12-13,19H,2-3,7,9H2,1H3,(H,17,21). The summed E-state index contributed by atoms with van der Waals surface area (Å²) in [5.74, 6) is -0.269. The van der Waals surface area contributed by atoms with Crippen molar-refractivity contribution in [3.63, 3.8) is 0 Å². The fraction of sp³-hybridized carbons (Fsp3) is 0.467. The summed E-state index contributed by atoms with van der Waals surface area (Å²) < 4.78 is 0. The van der Waals surface area contributed by atoms with E-state index < -0.39 is 18.2 Å². The van der Waals surface area contributed by atoms with E-state index in [0.717, 1.165) is 17.7 Å². The number of benzene rings is 1. The number of nitrogens with one attached hydrogen (secondary N) is 1. The summed E-state index contributed by atoms with van der Waals surface area (Å²) in [7, 11) is 0. The third-order valence-corrected chi connectivity index (χ3v) is 3.78. The lowest BCUT2D eigenvalue weighted by Crippen LogP contribution is -2.35. The molecular weight excluding hydrogens is 292 g/mol. The highest BCUT2D eigenvalue weighted by Crippen LogP contribution is 2.21. The van der Waals surface area contributed by atoms with Gasteiger partial charge in [-0.2, -0.15) is 0 Å². The predicted molar refractivity (Wildman–Crippen MR) is 80.0 cm³/mol. The fourth-order valence-electron chi connectivity index (χ4n) is 2.35. The molecule has 114 valence electrons. The van der Waals surface area contributed by atoms with Crippen LogP contribution in [0.3, 0.4) is 0 Å². The lowest BCUT2D eigenvalue weighted by Gasteiger charge is -2.18. The first-order valence-electron chi connectivity index (χ1n) is 7.08. The van der Waals surface area contributed by atoms with Gasteiger partial charge in [-0.3, -0.25) is 9.69 Å². The second-order valence-corrected chi connectivity index (χ2v) is 5.60. The molecule has 0 radical (unpaired) electrons. The molecule has 2 atom stereocenters. The van der Waals surface area contributed by atoms with Gasteiger partial charge in [-0.05, 0) is 24.1 Å². The van der Waals surface area contributed by atoms with E-state index in [1.807, 2.05) is 6.92 Å². The normalized spacial score (nSPS) is 19.8. The van der Waals surface area contributed by atoms with Crippen molar-refractivity contribution < 1.29 is 14.7 Å². The quantitative estimate of drug-likeness (QED) is 0.793. The van der Waals surface area contributed by atoms with Crippen LogP contribution in [0.25, 0.3) is 0 Å². The van der Waals surface area contributed by atoms with Crippen molar-refractivity contribution in [1.29, 1.82) is 0 Å². The minimum atomic E-state index is -0.941. The van der Waals surface area contributed by atoms with E-state index >= 15 is 0 Å². The molecule has 0 aromatic heterocycles. The van der Waals surface area contributed by atoms with Crippen molar-refractivity contribution in [2.24, 2.45) is 0 Å². The minimum Gasteiger partial charge on any atom is -0.387 e. The van der Waals surface area contributed by atoms with E-state index in [2.05, 4.69) is 5.32 Å². The molecule has 3 amide bonds. The van der Waals surface area contributed by atoms with Crippen molar-refractivity contribution in [3.8, 4) is 0 Å². The number of urea groups is 1. The highest BCUT2D eigenvalue weighted by atomic mass is 35.5. The van der Waals surface area contributed by atoms with Gasteiger partial charge in [0.15, 0.2) is 0 Å². The van der Waals surface area contributed by atoms with Crippen molar-refractivity contribution in [1.82, 2.24) is 10.2 Å². The topological polar surface area (TPSA) is 69.6 Å². The van der Waals surface area contributed by atoms with Gasteiger partial charge in [-0.15, -0.1) is 0 Å². The van der Waals surface area contributed by atoms with Crippen LogP contribution in [0, 0.1) is 0 Å². The van der Waals surface area contributed by atoms with E-state index in [1.54, 1.807) is 24.3 Å². The average molecular weight is 311 g/mol. The van der Waals surface area contributed by atoms with Crippen LogP contribution in [0.2, 0.25) is 5.02 Å². The van der Waals surface area contributed by atoms with Gasteiger partial charge in [-0.1, -0.05) is 43.5 Å². The van der Waals surface area contributed by atoms with E-state index in [-0.39, 0.29) is 12.5 Å². The first-order chi connectivity index (χ1) is 10.0. The lowest BCUT2D eigenvalue weighted by atomic mass is 10.1. The molecule has 2 N–H and O–H groups in total. The Balaban J connectivity index is 2.02. The molecular formula is C15H19ClN2O3. The van der Waals surface area contributed by atoms with Crippen LogP contribution in [0.5, 0.6) is 0 Å². The van der Waals surface area contributed by atoms with Crippen LogP contribution < -0.4 is 5.32 Å². The first-order valence-corrected chi connectivity index (χ1v) is 7.46. The number of aliphatic hydroxyl groups is 1. The SMILES string of the molecule is CCCCC1NC(=O)N(CC(O)c2cccc(Cl)c2)C1=O. The number of β-amino-alcohol motifs (C(OH)–C–C–N with tert-alkyl or cyclic N) is 1.